The number of hydrogen-bond donors (Lipinski definition) is 1. The molecule has 178 valence electrons. The highest BCUT2D eigenvalue weighted by Gasteiger charge is 2.43. The van der Waals surface area contributed by atoms with Crippen LogP contribution in [0.5, 0.6) is 0 Å². The number of amides is 1. The Balaban J connectivity index is 1.50. The molecular formula is C28H31FN2O3. The van der Waals surface area contributed by atoms with Crippen molar-refractivity contribution in [3.05, 3.63) is 94.2 Å². The molecule has 2 unspecified atom stereocenters. The maximum atomic E-state index is 13.5. The van der Waals surface area contributed by atoms with E-state index in [4.69, 9.17) is 4.74 Å². The number of hydrogen-bond acceptors (Lipinski definition) is 3. The van der Waals surface area contributed by atoms with Gasteiger partial charge >= 0.3 is 6.09 Å². The third kappa shape index (κ3) is 5.06. The first-order valence-electron chi connectivity index (χ1n) is 12.0. The highest BCUT2D eigenvalue weighted by Crippen LogP contribution is 2.41. The van der Waals surface area contributed by atoms with Crippen molar-refractivity contribution in [1.82, 2.24) is 9.88 Å². The van der Waals surface area contributed by atoms with E-state index in [1.54, 1.807) is 29.3 Å². The number of aromatic nitrogens is 1. The van der Waals surface area contributed by atoms with E-state index in [-0.39, 0.29) is 23.5 Å². The zero-order valence-corrected chi connectivity index (χ0v) is 19.7. The van der Waals surface area contributed by atoms with Gasteiger partial charge in [-0.2, -0.15) is 0 Å². The molecule has 3 aromatic rings. The summed E-state index contributed by atoms with van der Waals surface area (Å²) in [7, 11) is 0. The number of H-pyrrole nitrogens is 1. The second-order valence-electron chi connectivity index (χ2n) is 9.01. The van der Waals surface area contributed by atoms with Crippen molar-refractivity contribution in [2.24, 2.45) is 0 Å². The van der Waals surface area contributed by atoms with Crippen LogP contribution in [0.15, 0.2) is 71.7 Å². The van der Waals surface area contributed by atoms with Crippen molar-refractivity contribution in [2.45, 2.75) is 57.6 Å². The summed E-state index contributed by atoms with van der Waals surface area (Å²) in [4.78, 5) is 29.0. The number of cyclic esters (lactones) is 1. The van der Waals surface area contributed by atoms with Gasteiger partial charge in [0.1, 0.15) is 11.4 Å². The van der Waals surface area contributed by atoms with E-state index in [9.17, 15) is 14.0 Å². The summed E-state index contributed by atoms with van der Waals surface area (Å²) < 4.78 is 19.7. The molecule has 2 heterocycles. The molecular weight excluding hydrogens is 431 g/mol. The van der Waals surface area contributed by atoms with E-state index < -0.39 is 5.60 Å². The zero-order chi connectivity index (χ0) is 24.1. The molecule has 34 heavy (non-hydrogen) atoms. The fraction of sp³-hybridized carbons (Fsp3) is 0.357. The first-order chi connectivity index (χ1) is 16.4. The van der Waals surface area contributed by atoms with Crippen LogP contribution in [0, 0.1) is 5.82 Å². The van der Waals surface area contributed by atoms with Gasteiger partial charge in [0.05, 0.1) is 6.04 Å². The van der Waals surface area contributed by atoms with Crippen LogP contribution in [0.3, 0.4) is 0 Å². The maximum Gasteiger partial charge on any atom is 0.411 e. The molecule has 1 amide bonds. The first kappa shape index (κ1) is 23.7. The van der Waals surface area contributed by atoms with Crippen molar-refractivity contribution in [3.63, 3.8) is 0 Å². The van der Waals surface area contributed by atoms with Crippen LogP contribution in [-0.2, 0) is 10.3 Å². The lowest BCUT2D eigenvalue weighted by atomic mass is 9.83. The molecule has 2 atom stereocenters. The van der Waals surface area contributed by atoms with E-state index in [1.165, 1.54) is 18.2 Å². The predicted molar refractivity (Wildman–Crippen MR) is 131 cm³/mol. The molecule has 1 fully saturated rings. The number of halogens is 1. The Kier molecular flexibility index (Phi) is 7.15. The normalized spacial score (nSPS) is 19.0. The highest BCUT2D eigenvalue weighted by molar-refractivity contribution is 5.70. The van der Waals surface area contributed by atoms with Crippen LogP contribution in [0.25, 0.3) is 11.1 Å². The molecule has 1 aliphatic heterocycles. The Hall–Kier alpha value is -3.41. The molecule has 2 aromatic carbocycles. The molecule has 1 aromatic heterocycles. The number of ether oxygens (including phenoxy) is 1. The average Bonchev–Trinajstić information content (AvgIpc) is 2.85. The number of carbonyl (C=O) groups excluding carboxylic acids is 1. The number of nitrogens with zero attached hydrogens (tertiary/aromatic N) is 1. The monoisotopic (exact) mass is 462 g/mol. The van der Waals surface area contributed by atoms with E-state index in [0.717, 1.165) is 47.9 Å². The van der Waals surface area contributed by atoms with Crippen LogP contribution in [0.1, 0.15) is 63.1 Å². The molecule has 0 aliphatic carbocycles. The maximum absolute atomic E-state index is 13.5. The van der Waals surface area contributed by atoms with Crippen LogP contribution in [0.4, 0.5) is 9.18 Å². The number of rotatable bonds is 8. The number of carbonyl (C=O) groups is 1. The summed E-state index contributed by atoms with van der Waals surface area (Å²) in [5.41, 5.74) is 2.92. The van der Waals surface area contributed by atoms with E-state index in [2.05, 4.69) is 11.9 Å². The van der Waals surface area contributed by atoms with Gasteiger partial charge in [0.25, 0.3) is 0 Å². The van der Waals surface area contributed by atoms with Crippen molar-refractivity contribution in [1.29, 1.82) is 0 Å². The smallest absolute Gasteiger partial charge is 0.411 e. The SMILES string of the molecule is CCCCCC1(c2ccc(F)cc2)CCN(C(C)c2ccc(-c3ccc(=O)[nH]c3)cc2)C(=O)O1. The van der Waals surface area contributed by atoms with Crippen LogP contribution < -0.4 is 5.56 Å². The zero-order valence-electron chi connectivity index (χ0n) is 19.7. The Morgan fingerprint density at radius 1 is 1.00 bits per heavy atom. The predicted octanol–water partition coefficient (Wildman–Crippen LogP) is 6.56. The van der Waals surface area contributed by atoms with Gasteiger partial charge in [-0.25, -0.2) is 9.18 Å². The third-order valence-corrected chi connectivity index (χ3v) is 6.81. The number of nitrogens with one attached hydrogen (secondary N) is 1. The molecule has 1 saturated heterocycles. The Morgan fingerprint density at radius 2 is 1.71 bits per heavy atom. The van der Waals surface area contributed by atoms with Gasteiger partial charge in [0, 0.05) is 25.2 Å². The topological polar surface area (TPSA) is 62.4 Å². The molecule has 4 rings (SSSR count). The van der Waals surface area contributed by atoms with Crippen molar-refractivity contribution >= 4 is 6.09 Å². The molecule has 6 heteroatoms. The minimum absolute atomic E-state index is 0.135. The second-order valence-corrected chi connectivity index (χ2v) is 9.01. The van der Waals surface area contributed by atoms with E-state index in [0.29, 0.717) is 13.0 Å². The number of benzene rings is 2. The highest BCUT2D eigenvalue weighted by atomic mass is 19.1. The average molecular weight is 463 g/mol. The van der Waals surface area contributed by atoms with Crippen molar-refractivity contribution in [3.8, 4) is 11.1 Å². The summed E-state index contributed by atoms with van der Waals surface area (Å²) in [6, 6.07) is 17.5. The standard InChI is InChI=1S/C28H31FN2O3/c1-3-4-5-16-28(24-11-13-25(29)14-12-24)17-18-31(27(33)34-28)20(2)21-6-8-22(9-7-21)23-10-15-26(32)30-19-23/h6-15,19-20H,3-5,16-18H2,1-2H3,(H,30,32). The minimum Gasteiger partial charge on any atom is -0.438 e. The number of aromatic amines is 1. The molecule has 0 radical (unpaired) electrons. The van der Waals surface area contributed by atoms with Gasteiger partial charge in [-0.3, -0.25) is 4.79 Å². The Bertz CT molecular complexity index is 1150. The molecule has 1 N–H and O–H groups in total. The lowest BCUT2D eigenvalue weighted by Gasteiger charge is -2.43. The first-order valence-corrected chi connectivity index (χ1v) is 12.0. The summed E-state index contributed by atoms with van der Waals surface area (Å²) in [5.74, 6) is -0.296. The molecule has 1 aliphatic rings. The number of unbranched alkanes of at least 4 members (excludes halogenated alkanes) is 2. The van der Waals surface area contributed by atoms with Gasteiger partial charge in [0.2, 0.25) is 5.56 Å². The van der Waals surface area contributed by atoms with Gasteiger partial charge in [-0.1, -0.05) is 56.2 Å². The molecule has 0 bridgehead atoms. The minimum atomic E-state index is -0.718. The Labute approximate surface area is 199 Å². The summed E-state index contributed by atoms with van der Waals surface area (Å²) in [5, 5.41) is 0. The second kappa shape index (κ2) is 10.2. The fourth-order valence-corrected chi connectivity index (χ4v) is 4.68. The quantitative estimate of drug-likeness (QED) is 0.386. The van der Waals surface area contributed by atoms with Gasteiger partial charge in [-0.05, 0) is 60.2 Å². The van der Waals surface area contributed by atoms with Gasteiger partial charge in [0.15, 0.2) is 0 Å². The molecule has 0 saturated carbocycles. The summed E-state index contributed by atoms with van der Waals surface area (Å²) >= 11 is 0. The fourth-order valence-electron chi connectivity index (χ4n) is 4.68. The Morgan fingerprint density at radius 3 is 2.32 bits per heavy atom. The number of pyridine rings is 1. The van der Waals surface area contributed by atoms with Crippen LogP contribution in [0.2, 0.25) is 0 Å². The van der Waals surface area contributed by atoms with Crippen molar-refractivity contribution in [2.75, 3.05) is 6.54 Å². The molecule has 5 nitrogen and oxygen atoms in total. The van der Waals surface area contributed by atoms with Gasteiger partial charge < -0.3 is 14.6 Å². The molecule has 0 spiro atoms. The largest absolute Gasteiger partial charge is 0.438 e. The van der Waals surface area contributed by atoms with Gasteiger partial charge in [-0.15, -0.1) is 0 Å². The lowest BCUT2D eigenvalue weighted by molar-refractivity contribution is -0.0666. The summed E-state index contributed by atoms with van der Waals surface area (Å²) in [6.45, 7) is 4.70. The van der Waals surface area contributed by atoms with Crippen LogP contribution >= 0.6 is 0 Å². The summed E-state index contributed by atoms with van der Waals surface area (Å²) in [6.07, 6.45) is 5.82. The van der Waals surface area contributed by atoms with Crippen molar-refractivity contribution < 1.29 is 13.9 Å². The van der Waals surface area contributed by atoms with E-state index in [1.807, 2.05) is 31.2 Å². The third-order valence-electron chi connectivity index (χ3n) is 6.81. The van der Waals surface area contributed by atoms with E-state index >= 15 is 0 Å². The lowest BCUT2D eigenvalue weighted by Crippen LogP contribution is -2.48. The van der Waals surface area contributed by atoms with Crippen LogP contribution in [-0.4, -0.2) is 22.5 Å².